The summed E-state index contributed by atoms with van der Waals surface area (Å²) in [5.41, 5.74) is 0. The van der Waals surface area contributed by atoms with Crippen LogP contribution in [0.3, 0.4) is 0 Å². The molecule has 1 aliphatic heterocycles. The summed E-state index contributed by atoms with van der Waals surface area (Å²) in [4.78, 5) is 38.1. The molecular formula is C16H30N4O3. The van der Waals surface area contributed by atoms with Crippen molar-refractivity contribution in [1.29, 1.82) is 0 Å². The normalized spacial score (nSPS) is 18.8. The van der Waals surface area contributed by atoms with E-state index in [1.165, 1.54) is 6.92 Å². The molecule has 3 N–H and O–H groups in total. The lowest BCUT2D eigenvalue weighted by molar-refractivity contribution is -0.141. The van der Waals surface area contributed by atoms with Crippen molar-refractivity contribution in [1.82, 2.24) is 20.9 Å². The molecule has 0 aromatic carbocycles. The minimum absolute atomic E-state index is 0.114. The molecule has 0 bridgehead atoms. The van der Waals surface area contributed by atoms with E-state index in [0.717, 1.165) is 6.42 Å². The Hall–Kier alpha value is -1.63. The molecule has 7 nitrogen and oxygen atoms in total. The lowest BCUT2D eigenvalue weighted by atomic mass is 10.0. The number of carbonyl (C=O) groups excluding carboxylic acids is 3. The Labute approximate surface area is 138 Å². The van der Waals surface area contributed by atoms with Crippen LogP contribution in [0.15, 0.2) is 0 Å². The van der Waals surface area contributed by atoms with Crippen molar-refractivity contribution in [3.63, 3.8) is 0 Å². The van der Waals surface area contributed by atoms with E-state index in [4.69, 9.17) is 0 Å². The molecule has 0 saturated carbocycles. The molecule has 1 fully saturated rings. The average Bonchev–Trinajstić information content (AvgIpc) is 2.94. The number of amides is 3. The summed E-state index contributed by atoms with van der Waals surface area (Å²) in [7, 11) is 1.82. The number of nitrogens with zero attached hydrogens (tertiary/aromatic N) is 1. The third-order valence-electron chi connectivity index (χ3n) is 3.90. The lowest BCUT2D eigenvalue weighted by Crippen LogP contribution is -2.53. The van der Waals surface area contributed by atoms with Crippen molar-refractivity contribution >= 4 is 17.7 Å². The molecule has 2 atom stereocenters. The summed E-state index contributed by atoms with van der Waals surface area (Å²) in [6, 6.07) is -0.985. The van der Waals surface area contributed by atoms with Gasteiger partial charge in [0.25, 0.3) is 0 Å². The standard InChI is InChI=1S/C16H30N4O3/c1-11(2)10-13(19-12(3)21)16(23)20-9-5-6-14(20)15(22)18-8-7-17-4/h11,13-14,17H,5-10H2,1-4H3,(H,18,22)(H,19,21). The minimum atomic E-state index is -0.557. The molecule has 3 amide bonds. The minimum Gasteiger partial charge on any atom is -0.353 e. The van der Waals surface area contributed by atoms with E-state index in [2.05, 4.69) is 16.0 Å². The van der Waals surface area contributed by atoms with Gasteiger partial charge in [0.05, 0.1) is 0 Å². The van der Waals surface area contributed by atoms with Gasteiger partial charge >= 0.3 is 0 Å². The summed E-state index contributed by atoms with van der Waals surface area (Å²) in [5.74, 6) is -0.211. The van der Waals surface area contributed by atoms with E-state index in [1.54, 1.807) is 4.90 Å². The number of hydrogen-bond donors (Lipinski definition) is 3. The molecule has 1 heterocycles. The third kappa shape index (κ3) is 6.17. The van der Waals surface area contributed by atoms with Gasteiger partial charge in [-0.1, -0.05) is 13.8 Å². The van der Waals surface area contributed by atoms with E-state index in [0.29, 0.717) is 32.5 Å². The van der Waals surface area contributed by atoms with Gasteiger partial charge in [0.1, 0.15) is 12.1 Å². The van der Waals surface area contributed by atoms with Crippen LogP contribution in [0.5, 0.6) is 0 Å². The van der Waals surface area contributed by atoms with Gasteiger partial charge in [-0.05, 0) is 32.2 Å². The van der Waals surface area contributed by atoms with Crippen LogP contribution in [0.2, 0.25) is 0 Å². The quantitative estimate of drug-likeness (QED) is 0.542. The maximum Gasteiger partial charge on any atom is 0.245 e. The van der Waals surface area contributed by atoms with Gasteiger partial charge in [-0.3, -0.25) is 14.4 Å². The van der Waals surface area contributed by atoms with Crippen LogP contribution in [-0.2, 0) is 14.4 Å². The molecule has 132 valence electrons. The molecule has 0 radical (unpaired) electrons. The van der Waals surface area contributed by atoms with Gasteiger partial charge in [-0.2, -0.15) is 0 Å². The van der Waals surface area contributed by atoms with Crippen LogP contribution in [0.4, 0.5) is 0 Å². The molecular weight excluding hydrogens is 296 g/mol. The Morgan fingerprint density at radius 3 is 2.48 bits per heavy atom. The van der Waals surface area contributed by atoms with Crippen LogP contribution in [0.1, 0.15) is 40.0 Å². The number of carbonyl (C=O) groups is 3. The molecule has 2 unspecified atom stereocenters. The number of rotatable bonds is 8. The molecule has 1 saturated heterocycles. The highest BCUT2D eigenvalue weighted by Crippen LogP contribution is 2.20. The number of likely N-dealkylation sites (tertiary alicyclic amines) is 1. The smallest absolute Gasteiger partial charge is 0.245 e. The van der Waals surface area contributed by atoms with Gasteiger partial charge in [0.15, 0.2) is 0 Å². The largest absolute Gasteiger partial charge is 0.353 e. The molecule has 0 spiro atoms. The number of likely N-dealkylation sites (N-methyl/N-ethyl adjacent to an activating group) is 1. The van der Waals surface area contributed by atoms with Gasteiger partial charge < -0.3 is 20.9 Å². The second kappa shape index (κ2) is 9.50. The van der Waals surface area contributed by atoms with Crippen LogP contribution >= 0.6 is 0 Å². The average molecular weight is 326 g/mol. The second-order valence-electron chi connectivity index (χ2n) is 6.47. The zero-order valence-electron chi connectivity index (χ0n) is 14.6. The van der Waals surface area contributed by atoms with Gasteiger partial charge in [-0.15, -0.1) is 0 Å². The second-order valence-corrected chi connectivity index (χ2v) is 6.47. The Balaban J connectivity index is 2.73. The Kier molecular flexibility index (Phi) is 8.02. The molecule has 0 aromatic heterocycles. The maximum atomic E-state index is 12.8. The highest BCUT2D eigenvalue weighted by Gasteiger charge is 2.37. The van der Waals surface area contributed by atoms with Crippen molar-refractivity contribution in [2.75, 3.05) is 26.7 Å². The Morgan fingerprint density at radius 1 is 1.22 bits per heavy atom. The summed E-state index contributed by atoms with van der Waals surface area (Å²) >= 11 is 0. The number of hydrogen-bond acceptors (Lipinski definition) is 4. The van der Waals surface area contributed by atoms with E-state index < -0.39 is 12.1 Å². The third-order valence-corrected chi connectivity index (χ3v) is 3.90. The predicted octanol–water partition coefficient (Wildman–Crippen LogP) is -0.136. The molecule has 23 heavy (non-hydrogen) atoms. The van der Waals surface area contributed by atoms with Gasteiger partial charge in [0.2, 0.25) is 17.7 Å². The molecule has 1 aliphatic rings. The van der Waals surface area contributed by atoms with Crippen molar-refractivity contribution in [3.8, 4) is 0 Å². The van der Waals surface area contributed by atoms with E-state index in [9.17, 15) is 14.4 Å². The first kappa shape index (κ1) is 19.4. The van der Waals surface area contributed by atoms with E-state index >= 15 is 0 Å². The first-order valence-corrected chi connectivity index (χ1v) is 8.36. The first-order chi connectivity index (χ1) is 10.9. The van der Waals surface area contributed by atoms with E-state index in [1.807, 2.05) is 20.9 Å². The van der Waals surface area contributed by atoms with Gasteiger partial charge in [-0.25, -0.2) is 0 Å². The summed E-state index contributed by atoms with van der Waals surface area (Å²) < 4.78 is 0. The van der Waals surface area contributed by atoms with Crippen LogP contribution in [0.25, 0.3) is 0 Å². The SMILES string of the molecule is CNCCNC(=O)C1CCCN1C(=O)C(CC(C)C)NC(C)=O. The highest BCUT2D eigenvalue weighted by atomic mass is 16.2. The van der Waals surface area contributed by atoms with Crippen LogP contribution in [-0.4, -0.2) is 61.4 Å². The Morgan fingerprint density at radius 2 is 1.91 bits per heavy atom. The molecule has 7 heteroatoms. The van der Waals surface area contributed by atoms with Crippen molar-refractivity contribution in [2.24, 2.45) is 5.92 Å². The maximum absolute atomic E-state index is 12.8. The van der Waals surface area contributed by atoms with Crippen LogP contribution < -0.4 is 16.0 Å². The highest BCUT2D eigenvalue weighted by molar-refractivity contribution is 5.92. The number of nitrogens with one attached hydrogen (secondary N) is 3. The predicted molar refractivity (Wildman–Crippen MR) is 88.7 cm³/mol. The fraction of sp³-hybridized carbons (Fsp3) is 0.812. The topological polar surface area (TPSA) is 90.5 Å². The lowest BCUT2D eigenvalue weighted by Gasteiger charge is -2.29. The van der Waals surface area contributed by atoms with Crippen LogP contribution in [0, 0.1) is 5.92 Å². The molecule has 1 rings (SSSR count). The van der Waals surface area contributed by atoms with Crippen molar-refractivity contribution < 1.29 is 14.4 Å². The van der Waals surface area contributed by atoms with Crippen molar-refractivity contribution in [2.45, 2.75) is 52.1 Å². The van der Waals surface area contributed by atoms with Gasteiger partial charge in [0, 0.05) is 26.6 Å². The summed E-state index contributed by atoms with van der Waals surface area (Å²) in [6.45, 7) is 7.22. The zero-order chi connectivity index (χ0) is 17.4. The molecule has 0 aliphatic carbocycles. The zero-order valence-corrected chi connectivity index (χ0v) is 14.6. The Bertz CT molecular complexity index is 426. The first-order valence-electron chi connectivity index (χ1n) is 8.36. The monoisotopic (exact) mass is 326 g/mol. The van der Waals surface area contributed by atoms with Crippen molar-refractivity contribution in [3.05, 3.63) is 0 Å². The fourth-order valence-corrected chi connectivity index (χ4v) is 2.87. The van der Waals surface area contributed by atoms with E-state index in [-0.39, 0.29) is 23.6 Å². The molecule has 0 aromatic rings. The summed E-state index contributed by atoms with van der Waals surface area (Å²) in [6.07, 6.45) is 2.05. The summed E-state index contributed by atoms with van der Waals surface area (Å²) in [5, 5.41) is 8.54. The fourth-order valence-electron chi connectivity index (χ4n) is 2.87.